The summed E-state index contributed by atoms with van der Waals surface area (Å²) >= 11 is 1.48. The molecule has 2 atom stereocenters. The second-order valence-corrected chi connectivity index (χ2v) is 7.41. The van der Waals surface area contributed by atoms with Crippen molar-refractivity contribution in [2.24, 2.45) is 0 Å². The molecule has 0 fully saturated rings. The van der Waals surface area contributed by atoms with Gasteiger partial charge in [0.05, 0.1) is 12.0 Å². The maximum Gasteiger partial charge on any atom is 0.336 e. The van der Waals surface area contributed by atoms with Gasteiger partial charge in [-0.1, -0.05) is 13.3 Å². The molecule has 152 valence electrons. The molecule has 1 heterocycles. The molecule has 0 bridgehead atoms. The van der Waals surface area contributed by atoms with E-state index in [0.717, 1.165) is 23.8 Å². The number of hydrogen-bond donors (Lipinski definition) is 1. The van der Waals surface area contributed by atoms with Gasteiger partial charge in [0.15, 0.2) is 6.10 Å². The summed E-state index contributed by atoms with van der Waals surface area (Å²) in [7, 11) is 0. The van der Waals surface area contributed by atoms with Crippen molar-refractivity contribution in [2.45, 2.75) is 45.3 Å². The summed E-state index contributed by atoms with van der Waals surface area (Å²) in [6, 6.07) is 5.44. The third-order valence-electron chi connectivity index (χ3n) is 4.21. The molecule has 28 heavy (non-hydrogen) atoms. The highest BCUT2D eigenvalue weighted by Gasteiger charge is 2.20. The molecule has 0 aliphatic rings. The Kier molecular flexibility index (Phi) is 7.92. The molecule has 0 aliphatic heterocycles. The Morgan fingerprint density at radius 2 is 2.07 bits per heavy atom. The first kappa shape index (κ1) is 21.8. The average molecular weight is 406 g/mol. The molecule has 0 saturated carbocycles. The number of nitrogens with one attached hydrogen (secondary N) is 1. The summed E-state index contributed by atoms with van der Waals surface area (Å²) in [6.07, 6.45) is 2.83. The lowest BCUT2D eigenvalue weighted by Crippen LogP contribution is -2.51. The fourth-order valence-electron chi connectivity index (χ4n) is 2.79. The zero-order valence-corrected chi connectivity index (χ0v) is 17.0. The fraction of sp³-hybridized carbons (Fsp3) is 0.450. The van der Waals surface area contributed by atoms with Crippen LogP contribution in [0, 0.1) is 0 Å². The van der Waals surface area contributed by atoms with Crippen molar-refractivity contribution >= 4 is 34.6 Å². The van der Waals surface area contributed by atoms with Crippen LogP contribution in [-0.4, -0.2) is 36.0 Å². The van der Waals surface area contributed by atoms with Gasteiger partial charge in [-0.3, -0.25) is 4.79 Å². The van der Waals surface area contributed by atoms with Gasteiger partial charge in [-0.15, -0.1) is 0 Å². The van der Waals surface area contributed by atoms with Crippen LogP contribution < -0.4 is 20.8 Å². The number of aryl methyl sites for hydroxylation is 1. The highest BCUT2D eigenvalue weighted by atomic mass is 32.2. The highest BCUT2D eigenvalue weighted by Crippen LogP contribution is 2.24. The summed E-state index contributed by atoms with van der Waals surface area (Å²) in [6.45, 7) is 3.54. The Balaban J connectivity index is 2.13. The van der Waals surface area contributed by atoms with Crippen molar-refractivity contribution in [1.82, 2.24) is 5.32 Å². The minimum absolute atomic E-state index is 0.267. The third-order valence-corrected chi connectivity index (χ3v) is 4.86. The van der Waals surface area contributed by atoms with Crippen LogP contribution in [0.25, 0.3) is 11.0 Å². The van der Waals surface area contributed by atoms with Crippen molar-refractivity contribution in [3.63, 3.8) is 0 Å². The summed E-state index contributed by atoms with van der Waals surface area (Å²) < 4.78 is 10.9. The summed E-state index contributed by atoms with van der Waals surface area (Å²) in [5, 5.41) is 14.4. The molecule has 2 rings (SSSR count). The van der Waals surface area contributed by atoms with Crippen LogP contribution in [0.5, 0.6) is 5.75 Å². The average Bonchev–Trinajstić information content (AvgIpc) is 2.64. The van der Waals surface area contributed by atoms with Gasteiger partial charge in [0.25, 0.3) is 5.91 Å². The van der Waals surface area contributed by atoms with E-state index in [1.165, 1.54) is 24.8 Å². The van der Waals surface area contributed by atoms with Gasteiger partial charge in [-0.25, -0.2) is 4.79 Å². The topological polar surface area (TPSA) is 109 Å². The number of carbonyl (C=O) groups excluding carboxylic acids is 2. The Morgan fingerprint density at radius 1 is 1.32 bits per heavy atom. The second-order valence-electron chi connectivity index (χ2n) is 6.42. The molecule has 8 heteroatoms. The maximum atomic E-state index is 12.3. The van der Waals surface area contributed by atoms with Crippen molar-refractivity contribution in [3.8, 4) is 5.75 Å². The SMILES string of the molecule is CCCc1cc(=O)oc2cc(O[C@H](C)C(=O)N[C@@H](CCSC)C(=O)[O-])ccc12. The van der Waals surface area contributed by atoms with Gasteiger partial charge < -0.3 is 24.4 Å². The number of carboxylic acids is 1. The third kappa shape index (κ3) is 5.76. The van der Waals surface area contributed by atoms with Gasteiger partial charge in [-0.05, 0) is 49.5 Å². The van der Waals surface area contributed by atoms with Crippen LogP contribution in [0.15, 0.2) is 33.5 Å². The van der Waals surface area contributed by atoms with E-state index in [0.29, 0.717) is 17.1 Å². The van der Waals surface area contributed by atoms with Crippen LogP contribution in [0.3, 0.4) is 0 Å². The molecule has 1 aromatic heterocycles. The van der Waals surface area contributed by atoms with Gasteiger partial charge in [0, 0.05) is 17.5 Å². The normalized spacial score (nSPS) is 13.1. The number of fused-ring (bicyclic) bond motifs is 1. The molecule has 0 saturated heterocycles. The van der Waals surface area contributed by atoms with E-state index in [-0.39, 0.29) is 6.42 Å². The van der Waals surface area contributed by atoms with E-state index in [4.69, 9.17) is 9.15 Å². The van der Waals surface area contributed by atoms with Crippen molar-refractivity contribution in [3.05, 3.63) is 40.2 Å². The summed E-state index contributed by atoms with van der Waals surface area (Å²) in [5.41, 5.74) is 0.842. The second kappa shape index (κ2) is 10.2. The van der Waals surface area contributed by atoms with Gasteiger partial charge in [0.2, 0.25) is 0 Å². The standard InChI is InChI=1S/C20H25NO6S/c1-4-5-13-10-18(22)27-17-11-14(6-7-15(13)17)26-12(2)19(23)21-16(20(24)25)8-9-28-3/h6-7,10-12,16H,4-5,8-9H2,1-3H3,(H,21,23)(H,24,25)/p-1/t12-,16+/m1/s1. The van der Waals surface area contributed by atoms with Crippen LogP contribution in [0.2, 0.25) is 0 Å². The molecule has 0 radical (unpaired) electrons. The van der Waals surface area contributed by atoms with Crippen molar-refractivity contribution < 1.29 is 23.8 Å². The van der Waals surface area contributed by atoms with E-state index in [1.807, 2.05) is 13.2 Å². The van der Waals surface area contributed by atoms with E-state index < -0.39 is 29.6 Å². The molecule has 0 spiro atoms. The Bertz CT molecular complexity index is 894. The minimum atomic E-state index is -1.33. The number of ether oxygens (including phenoxy) is 1. The van der Waals surface area contributed by atoms with Gasteiger partial charge in [-0.2, -0.15) is 11.8 Å². The number of hydrogen-bond acceptors (Lipinski definition) is 7. The molecule has 1 N–H and O–H groups in total. The number of thioether (sulfide) groups is 1. The number of benzene rings is 1. The van der Waals surface area contributed by atoms with Crippen LogP contribution in [0.4, 0.5) is 0 Å². The number of carboxylic acid groups (broad SMARTS) is 1. The van der Waals surface area contributed by atoms with Gasteiger partial charge in [0.1, 0.15) is 11.3 Å². The number of aliphatic carboxylic acids is 1. The fourth-order valence-corrected chi connectivity index (χ4v) is 3.26. The molecule has 0 unspecified atom stereocenters. The smallest absolute Gasteiger partial charge is 0.336 e. The Hall–Kier alpha value is -2.48. The first-order valence-electron chi connectivity index (χ1n) is 9.09. The zero-order valence-electron chi connectivity index (χ0n) is 16.2. The van der Waals surface area contributed by atoms with E-state index in [1.54, 1.807) is 18.2 Å². The van der Waals surface area contributed by atoms with Crippen molar-refractivity contribution in [2.75, 3.05) is 12.0 Å². The largest absolute Gasteiger partial charge is 0.548 e. The molecule has 2 aromatic rings. The Morgan fingerprint density at radius 3 is 2.71 bits per heavy atom. The van der Waals surface area contributed by atoms with E-state index >= 15 is 0 Å². The Labute approximate surface area is 167 Å². The van der Waals surface area contributed by atoms with Crippen molar-refractivity contribution in [1.29, 1.82) is 0 Å². The predicted octanol–water partition coefficient (Wildman–Crippen LogP) is 1.50. The lowest BCUT2D eigenvalue weighted by molar-refractivity contribution is -0.308. The number of carbonyl (C=O) groups is 2. The molecular formula is C20H24NO6S-. The number of amides is 1. The monoisotopic (exact) mass is 406 g/mol. The maximum absolute atomic E-state index is 12.3. The van der Waals surface area contributed by atoms with E-state index in [9.17, 15) is 19.5 Å². The molecule has 0 aliphatic carbocycles. The minimum Gasteiger partial charge on any atom is -0.548 e. The molecular weight excluding hydrogens is 382 g/mol. The van der Waals surface area contributed by atoms with E-state index in [2.05, 4.69) is 5.32 Å². The molecule has 1 aromatic carbocycles. The number of rotatable bonds is 10. The highest BCUT2D eigenvalue weighted by molar-refractivity contribution is 7.98. The first-order chi connectivity index (χ1) is 13.3. The summed E-state index contributed by atoms with van der Waals surface area (Å²) in [4.78, 5) is 35.2. The molecule has 1 amide bonds. The van der Waals surface area contributed by atoms with Crippen LogP contribution in [-0.2, 0) is 16.0 Å². The lowest BCUT2D eigenvalue weighted by atomic mass is 10.1. The quantitative estimate of drug-likeness (QED) is 0.596. The lowest BCUT2D eigenvalue weighted by Gasteiger charge is -2.22. The summed E-state index contributed by atoms with van der Waals surface area (Å²) in [5.74, 6) is -0.957. The van der Waals surface area contributed by atoms with Gasteiger partial charge >= 0.3 is 5.63 Å². The first-order valence-corrected chi connectivity index (χ1v) is 10.5. The molecule has 7 nitrogen and oxygen atoms in total. The zero-order chi connectivity index (χ0) is 20.7. The van der Waals surface area contributed by atoms with Crippen LogP contribution in [0.1, 0.15) is 32.3 Å². The van der Waals surface area contributed by atoms with Crippen LogP contribution >= 0.6 is 11.8 Å². The predicted molar refractivity (Wildman–Crippen MR) is 107 cm³/mol.